The summed E-state index contributed by atoms with van der Waals surface area (Å²) in [6.07, 6.45) is 5.03. The summed E-state index contributed by atoms with van der Waals surface area (Å²) in [6, 6.07) is 3.63. The summed E-state index contributed by atoms with van der Waals surface area (Å²) in [7, 11) is 0. The third-order valence-corrected chi connectivity index (χ3v) is 5.20. The summed E-state index contributed by atoms with van der Waals surface area (Å²) < 4.78 is 6.72. The molecule has 150 valence electrons. The van der Waals surface area contributed by atoms with E-state index in [1.807, 2.05) is 19.1 Å². The van der Waals surface area contributed by atoms with Gasteiger partial charge in [-0.2, -0.15) is 0 Å². The SMILES string of the molecule is Cc1ccc(/C=C/c2nc(SCC(=O)c3c(N)n(C4CC4)c(=O)[nH]c3=O)n[nH]2)o1. The maximum Gasteiger partial charge on any atom is 0.330 e. The monoisotopic (exact) mass is 414 g/mol. The second-order valence-electron chi connectivity index (χ2n) is 6.62. The largest absolute Gasteiger partial charge is 0.462 e. The van der Waals surface area contributed by atoms with E-state index in [2.05, 4.69) is 20.2 Å². The van der Waals surface area contributed by atoms with Crippen molar-refractivity contribution in [2.75, 3.05) is 11.5 Å². The van der Waals surface area contributed by atoms with Crippen LogP contribution in [-0.2, 0) is 0 Å². The van der Waals surface area contributed by atoms with Crippen molar-refractivity contribution in [1.82, 2.24) is 24.7 Å². The molecule has 4 N–H and O–H groups in total. The summed E-state index contributed by atoms with van der Waals surface area (Å²) in [5.74, 6) is 1.32. The van der Waals surface area contributed by atoms with Gasteiger partial charge in [0.25, 0.3) is 5.56 Å². The quantitative estimate of drug-likeness (QED) is 0.389. The van der Waals surface area contributed by atoms with Crippen LogP contribution in [0.1, 0.15) is 46.6 Å². The van der Waals surface area contributed by atoms with Crippen LogP contribution in [0.2, 0.25) is 0 Å². The lowest BCUT2D eigenvalue weighted by Crippen LogP contribution is -2.36. The van der Waals surface area contributed by atoms with Crippen molar-refractivity contribution >= 4 is 35.5 Å². The van der Waals surface area contributed by atoms with E-state index in [1.165, 1.54) is 4.57 Å². The van der Waals surface area contributed by atoms with E-state index in [0.717, 1.165) is 30.4 Å². The van der Waals surface area contributed by atoms with Gasteiger partial charge in [0.2, 0.25) is 5.16 Å². The molecule has 0 bridgehead atoms. The molecule has 3 aromatic heterocycles. The van der Waals surface area contributed by atoms with Gasteiger partial charge in [-0.3, -0.25) is 24.2 Å². The van der Waals surface area contributed by atoms with E-state index in [4.69, 9.17) is 10.2 Å². The molecule has 0 atom stereocenters. The third kappa shape index (κ3) is 4.09. The van der Waals surface area contributed by atoms with Crippen LogP contribution in [0.5, 0.6) is 0 Å². The Morgan fingerprint density at radius 1 is 1.38 bits per heavy atom. The minimum atomic E-state index is -0.776. The molecule has 0 spiro atoms. The number of aromatic amines is 2. The van der Waals surface area contributed by atoms with Crippen LogP contribution in [0.4, 0.5) is 5.82 Å². The van der Waals surface area contributed by atoms with Crippen molar-refractivity contribution in [2.24, 2.45) is 0 Å². The summed E-state index contributed by atoms with van der Waals surface area (Å²) in [5.41, 5.74) is 4.39. The smallest absolute Gasteiger partial charge is 0.330 e. The molecule has 3 heterocycles. The van der Waals surface area contributed by atoms with Gasteiger partial charge in [-0.15, -0.1) is 5.10 Å². The molecule has 29 heavy (non-hydrogen) atoms. The molecule has 0 amide bonds. The highest BCUT2D eigenvalue weighted by molar-refractivity contribution is 7.99. The number of H-pyrrole nitrogens is 2. The molecule has 1 aliphatic carbocycles. The molecule has 0 saturated heterocycles. The standard InChI is InChI=1S/C18H18N6O4S/c1-9-2-5-11(28-9)6-7-13-20-17(23-22-13)29-8-12(25)14-15(19)24(10-3-4-10)18(27)21-16(14)26/h2,5-7,10H,3-4,8,19H2,1H3,(H,20,22,23)(H,21,26,27)/b7-6+. The van der Waals surface area contributed by atoms with Crippen molar-refractivity contribution in [3.05, 3.63) is 55.9 Å². The van der Waals surface area contributed by atoms with Gasteiger partial charge in [-0.05, 0) is 44.1 Å². The van der Waals surface area contributed by atoms with Gasteiger partial charge >= 0.3 is 5.69 Å². The van der Waals surface area contributed by atoms with Crippen LogP contribution in [0.15, 0.2) is 31.3 Å². The summed E-state index contributed by atoms with van der Waals surface area (Å²) in [5, 5.41) is 7.13. The van der Waals surface area contributed by atoms with Gasteiger partial charge in [0.15, 0.2) is 5.78 Å². The fourth-order valence-electron chi connectivity index (χ4n) is 2.83. The zero-order valence-corrected chi connectivity index (χ0v) is 16.3. The van der Waals surface area contributed by atoms with Gasteiger partial charge in [0, 0.05) is 6.04 Å². The summed E-state index contributed by atoms with van der Waals surface area (Å²) >= 11 is 1.07. The van der Waals surface area contributed by atoms with Crippen LogP contribution in [-0.4, -0.2) is 36.3 Å². The van der Waals surface area contributed by atoms with Gasteiger partial charge in [-0.25, -0.2) is 9.78 Å². The molecule has 0 aliphatic heterocycles. The zero-order valence-electron chi connectivity index (χ0n) is 15.5. The van der Waals surface area contributed by atoms with Gasteiger partial charge in [-0.1, -0.05) is 11.8 Å². The summed E-state index contributed by atoms with van der Waals surface area (Å²) in [6.45, 7) is 1.85. The predicted octanol–water partition coefficient (Wildman–Crippen LogP) is 1.62. The molecule has 1 aliphatic rings. The number of rotatable bonds is 7. The fourth-order valence-corrected chi connectivity index (χ4v) is 3.51. The van der Waals surface area contributed by atoms with E-state index in [0.29, 0.717) is 16.7 Å². The van der Waals surface area contributed by atoms with Crippen molar-refractivity contribution in [2.45, 2.75) is 31.0 Å². The predicted molar refractivity (Wildman–Crippen MR) is 108 cm³/mol. The van der Waals surface area contributed by atoms with Gasteiger partial charge in [0.05, 0.1) is 5.75 Å². The average Bonchev–Trinajstić information content (AvgIpc) is 3.23. The Morgan fingerprint density at radius 3 is 2.86 bits per heavy atom. The highest BCUT2D eigenvalue weighted by Gasteiger charge is 2.30. The van der Waals surface area contributed by atoms with Crippen LogP contribution >= 0.6 is 11.8 Å². The van der Waals surface area contributed by atoms with E-state index >= 15 is 0 Å². The fraction of sp³-hybridized carbons (Fsp3) is 0.278. The highest BCUT2D eigenvalue weighted by Crippen LogP contribution is 2.35. The second kappa shape index (κ2) is 7.59. The highest BCUT2D eigenvalue weighted by atomic mass is 32.2. The first-order valence-electron chi connectivity index (χ1n) is 8.89. The van der Waals surface area contributed by atoms with Crippen molar-refractivity contribution in [3.63, 3.8) is 0 Å². The number of furan rings is 1. The molecule has 1 fully saturated rings. The number of nitrogen functional groups attached to an aromatic ring is 1. The number of thioether (sulfide) groups is 1. The lowest BCUT2D eigenvalue weighted by Gasteiger charge is -2.10. The first-order valence-corrected chi connectivity index (χ1v) is 9.88. The van der Waals surface area contributed by atoms with Crippen LogP contribution in [0.3, 0.4) is 0 Å². The molecule has 0 aromatic carbocycles. The molecule has 1 saturated carbocycles. The molecular weight excluding hydrogens is 396 g/mol. The first kappa shape index (κ1) is 19.0. The van der Waals surface area contributed by atoms with E-state index < -0.39 is 17.0 Å². The minimum Gasteiger partial charge on any atom is -0.462 e. The normalized spacial score (nSPS) is 14.0. The number of anilines is 1. The Balaban J connectivity index is 1.45. The molecule has 10 nitrogen and oxygen atoms in total. The van der Waals surface area contributed by atoms with Crippen molar-refractivity contribution < 1.29 is 9.21 Å². The topological polar surface area (TPSA) is 153 Å². The Bertz CT molecular complexity index is 1210. The number of aryl methyl sites for hydroxylation is 1. The third-order valence-electron chi connectivity index (χ3n) is 4.35. The Kier molecular flexibility index (Phi) is 4.97. The van der Waals surface area contributed by atoms with Crippen molar-refractivity contribution in [3.8, 4) is 0 Å². The lowest BCUT2D eigenvalue weighted by molar-refractivity contribution is 0.102. The summed E-state index contributed by atoms with van der Waals surface area (Å²) in [4.78, 5) is 43.0. The molecule has 3 aromatic rings. The number of carbonyl (C=O) groups excluding carboxylic acids is 1. The maximum absolute atomic E-state index is 12.6. The lowest BCUT2D eigenvalue weighted by atomic mass is 10.2. The molecule has 4 rings (SSSR count). The number of ketones is 1. The van der Waals surface area contributed by atoms with Crippen molar-refractivity contribution in [1.29, 1.82) is 0 Å². The molecule has 11 heteroatoms. The Morgan fingerprint density at radius 2 is 2.17 bits per heavy atom. The Labute approximate surface area is 168 Å². The van der Waals surface area contributed by atoms with Crippen LogP contribution < -0.4 is 17.0 Å². The van der Waals surface area contributed by atoms with Crippen LogP contribution in [0.25, 0.3) is 12.2 Å². The van der Waals surface area contributed by atoms with E-state index in [1.54, 1.807) is 12.2 Å². The number of carbonyl (C=O) groups is 1. The number of hydrogen-bond donors (Lipinski definition) is 3. The zero-order chi connectivity index (χ0) is 20.5. The number of nitrogens with one attached hydrogen (secondary N) is 2. The van der Waals surface area contributed by atoms with E-state index in [-0.39, 0.29) is 23.2 Å². The van der Waals surface area contributed by atoms with Crippen LogP contribution in [0, 0.1) is 6.92 Å². The second-order valence-corrected chi connectivity index (χ2v) is 7.56. The number of aromatic nitrogens is 5. The minimum absolute atomic E-state index is 0.0566. The number of Topliss-reactive ketones (excluding diaryl/α,β-unsaturated/α-hetero) is 1. The first-order chi connectivity index (χ1) is 13.9. The number of nitrogens with two attached hydrogens (primary N) is 1. The molecular formula is C18H18N6O4S. The molecule has 0 unspecified atom stereocenters. The van der Waals surface area contributed by atoms with Gasteiger partial charge < -0.3 is 10.2 Å². The molecule has 0 radical (unpaired) electrons. The average molecular weight is 414 g/mol. The Hall–Kier alpha value is -3.34. The van der Waals surface area contributed by atoms with E-state index in [9.17, 15) is 14.4 Å². The number of hydrogen-bond acceptors (Lipinski definition) is 8. The maximum atomic E-state index is 12.6. The van der Waals surface area contributed by atoms with Gasteiger partial charge in [0.1, 0.15) is 28.7 Å². The number of nitrogens with zero attached hydrogens (tertiary/aromatic N) is 3.